The van der Waals surface area contributed by atoms with E-state index in [4.69, 9.17) is 9.84 Å². The molecule has 0 aliphatic rings. The Hall–Kier alpha value is -2.50. The molecule has 2 heterocycles. The van der Waals surface area contributed by atoms with E-state index in [1.807, 2.05) is 41.9 Å². The zero-order valence-corrected chi connectivity index (χ0v) is 14.7. The Kier molecular flexibility index (Phi) is 5.93. The van der Waals surface area contributed by atoms with Gasteiger partial charge >= 0.3 is 0 Å². The quantitative estimate of drug-likeness (QED) is 0.684. The monoisotopic (exact) mass is 336 g/mol. The van der Waals surface area contributed by atoms with Crippen LogP contribution < -0.4 is 5.32 Å². The summed E-state index contributed by atoms with van der Waals surface area (Å²) >= 11 is 0. The van der Waals surface area contributed by atoms with E-state index in [1.165, 1.54) is 0 Å². The van der Waals surface area contributed by atoms with E-state index in [0.717, 1.165) is 35.7 Å². The van der Waals surface area contributed by atoms with Crippen LogP contribution in [0.2, 0.25) is 0 Å². The van der Waals surface area contributed by atoms with Crippen molar-refractivity contribution in [3.8, 4) is 16.9 Å². The van der Waals surface area contributed by atoms with Crippen molar-refractivity contribution >= 4 is 0 Å². The van der Waals surface area contributed by atoms with Crippen LogP contribution in [0.1, 0.15) is 19.4 Å². The number of aromatic nitrogens is 3. The van der Waals surface area contributed by atoms with Gasteiger partial charge in [0.15, 0.2) is 0 Å². The number of pyridine rings is 1. The number of benzene rings is 1. The first-order valence-electron chi connectivity index (χ1n) is 8.63. The third-order valence-electron chi connectivity index (χ3n) is 3.98. The summed E-state index contributed by atoms with van der Waals surface area (Å²) in [7, 11) is 0. The molecule has 5 nitrogen and oxygen atoms in total. The standard InChI is InChI=1S/C20H24N4O/c1-3-25-15-16(2)22-13-18-14-24(19-7-5-4-6-8-19)23-20(18)17-9-11-21-12-10-17/h4-12,14,16,22H,3,13,15H2,1-2H3. The Labute approximate surface area is 148 Å². The molecule has 1 N–H and O–H groups in total. The maximum atomic E-state index is 5.48. The van der Waals surface area contributed by atoms with E-state index in [2.05, 4.69) is 35.6 Å². The maximum Gasteiger partial charge on any atom is 0.0973 e. The third kappa shape index (κ3) is 4.53. The van der Waals surface area contributed by atoms with Crippen LogP contribution in [0.5, 0.6) is 0 Å². The first-order valence-corrected chi connectivity index (χ1v) is 8.63. The van der Waals surface area contributed by atoms with Crippen molar-refractivity contribution in [2.45, 2.75) is 26.4 Å². The molecule has 0 fully saturated rings. The fourth-order valence-corrected chi connectivity index (χ4v) is 2.64. The first-order chi connectivity index (χ1) is 12.3. The van der Waals surface area contributed by atoms with Crippen LogP contribution >= 0.6 is 0 Å². The zero-order valence-electron chi connectivity index (χ0n) is 14.7. The molecule has 1 aromatic carbocycles. The van der Waals surface area contributed by atoms with Gasteiger partial charge in [-0.05, 0) is 38.1 Å². The van der Waals surface area contributed by atoms with Gasteiger partial charge in [0.2, 0.25) is 0 Å². The van der Waals surface area contributed by atoms with Crippen LogP contribution in [0.15, 0.2) is 61.1 Å². The largest absolute Gasteiger partial charge is 0.380 e. The normalized spacial score (nSPS) is 12.2. The predicted octanol–water partition coefficient (Wildman–Crippen LogP) is 3.45. The second kappa shape index (κ2) is 8.55. The number of para-hydroxylation sites is 1. The van der Waals surface area contributed by atoms with E-state index in [1.54, 1.807) is 12.4 Å². The SMILES string of the molecule is CCOCC(C)NCc1cn(-c2ccccc2)nc1-c1ccncc1. The topological polar surface area (TPSA) is 52.0 Å². The molecule has 0 amide bonds. The molecule has 0 saturated carbocycles. The van der Waals surface area contributed by atoms with Crippen molar-refractivity contribution in [2.75, 3.05) is 13.2 Å². The van der Waals surface area contributed by atoms with Gasteiger partial charge in [0.25, 0.3) is 0 Å². The van der Waals surface area contributed by atoms with Crippen molar-refractivity contribution in [3.63, 3.8) is 0 Å². The molecule has 0 radical (unpaired) electrons. The molecule has 0 saturated heterocycles. The van der Waals surface area contributed by atoms with Gasteiger partial charge in [0.1, 0.15) is 0 Å². The lowest BCUT2D eigenvalue weighted by Crippen LogP contribution is -2.30. The van der Waals surface area contributed by atoms with Crippen molar-refractivity contribution in [3.05, 3.63) is 66.6 Å². The fraction of sp³-hybridized carbons (Fsp3) is 0.300. The summed E-state index contributed by atoms with van der Waals surface area (Å²) in [5, 5.41) is 8.32. The highest BCUT2D eigenvalue weighted by Gasteiger charge is 2.13. The lowest BCUT2D eigenvalue weighted by atomic mass is 10.1. The van der Waals surface area contributed by atoms with E-state index in [-0.39, 0.29) is 6.04 Å². The summed E-state index contributed by atoms with van der Waals surface area (Å²) in [6.07, 6.45) is 5.68. The summed E-state index contributed by atoms with van der Waals surface area (Å²) in [4.78, 5) is 4.11. The number of hydrogen-bond donors (Lipinski definition) is 1. The molecule has 0 aliphatic heterocycles. The smallest absolute Gasteiger partial charge is 0.0973 e. The third-order valence-corrected chi connectivity index (χ3v) is 3.98. The van der Waals surface area contributed by atoms with Gasteiger partial charge in [0.05, 0.1) is 18.0 Å². The van der Waals surface area contributed by atoms with Gasteiger partial charge in [0, 0.05) is 48.9 Å². The Morgan fingerprint density at radius 3 is 2.60 bits per heavy atom. The minimum absolute atomic E-state index is 0.283. The molecular formula is C20H24N4O. The van der Waals surface area contributed by atoms with E-state index >= 15 is 0 Å². The van der Waals surface area contributed by atoms with Crippen molar-refractivity contribution < 1.29 is 4.74 Å². The van der Waals surface area contributed by atoms with Gasteiger partial charge in [-0.1, -0.05) is 18.2 Å². The van der Waals surface area contributed by atoms with Gasteiger partial charge in [-0.3, -0.25) is 4.98 Å². The molecule has 5 heteroatoms. The number of rotatable bonds is 8. The van der Waals surface area contributed by atoms with E-state index in [9.17, 15) is 0 Å². The predicted molar refractivity (Wildman–Crippen MR) is 99.6 cm³/mol. The highest BCUT2D eigenvalue weighted by Crippen LogP contribution is 2.23. The highest BCUT2D eigenvalue weighted by atomic mass is 16.5. The molecule has 0 spiro atoms. The second-order valence-electron chi connectivity index (χ2n) is 5.96. The molecule has 1 atom stereocenters. The Bertz CT molecular complexity index is 771. The number of ether oxygens (including phenoxy) is 1. The number of nitrogens with one attached hydrogen (secondary N) is 1. The first kappa shape index (κ1) is 17.3. The van der Waals surface area contributed by atoms with E-state index in [0.29, 0.717) is 6.61 Å². The summed E-state index contributed by atoms with van der Waals surface area (Å²) < 4.78 is 7.41. The van der Waals surface area contributed by atoms with Gasteiger partial charge < -0.3 is 10.1 Å². The molecule has 1 unspecified atom stereocenters. The summed E-state index contributed by atoms with van der Waals surface area (Å²) in [5.74, 6) is 0. The summed E-state index contributed by atoms with van der Waals surface area (Å²) in [6.45, 7) is 6.31. The fourth-order valence-electron chi connectivity index (χ4n) is 2.64. The van der Waals surface area contributed by atoms with Gasteiger partial charge in [-0.25, -0.2) is 4.68 Å². The average molecular weight is 336 g/mol. The lowest BCUT2D eigenvalue weighted by Gasteiger charge is -2.13. The lowest BCUT2D eigenvalue weighted by molar-refractivity contribution is 0.127. The minimum atomic E-state index is 0.283. The molecule has 3 aromatic rings. The van der Waals surface area contributed by atoms with Crippen molar-refractivity contribution in [1.29, 1.82) is 0 Å². The number of nitrogens with zero attached hydrogens (tertiary/aromatic N) is 3. The van der Waals surface area contributed by atoms with E-state index < -0.39 is 0 Å². The van der Waals surface area contributed by atoms with Gasteiger partial charge in [-0.15, -0.1) is 0 Å². The molecule has 130 valence electrons. The van der Waals surface area contributed by atoms with Crippen LogP contribution in [0.25, 0.3) is 16.9 Å². The number of hydrogen-bond acceptors (Lipinski definition) is 4. The Morgan fingerprint density at radius 2 is 1.88 bits per heavy atom. The summed E-state index contributed by atoms with van der Waals surface area (Å²) in [5.41, 5.74) is 4.24. The van der Waals surface area contributed by atoms with Crippen LogP contribution in [0, 0.1) is 0 Å². The van der Waals surface area contributed by atoms with Crippen molar-refractivity contribution in [2.24, 2.45) is 0 Å². The Balaban J connectivity index is 1.86. The van der Waals surface area contributed by atoms with Gasteiger partial charge in [-0.2, -0.15) is 5.10 Å². The van der Waals surface area contributed by atoms with Crippen LogP contribution in [0.4, 0.5) is 0 Å². The molecule has 3 rings (SSSR count). The molecular weight excluding hydrogens is 312 g/mol. The maximum absolute atomic E-state index is 5.48. The zero-order chi connectivity index (χ0) is 17.5. The molecule has 0 bridgehead atoms. The van der Waals surface area contributed by atoms with Crippen LogP contribution in [0.3, 0.4) is 0 Å². The molecule has 25 heavy (non-hydrogen) atoms. The highest BCUT2D eigenvalue weighted by molar-refractivity contribution is 5.62. The average Bonchev–Trinajstić information content (AvgIpc) is 3.10. The Morgan fingerprint density at radius 1 is 1.12 bits per heavy atom. The van der Waals surface area contributed by atoms with Crippen LogP contribution in [-0.4, -0.2) is 34.0 Å². The minimum Gasteiger partial charge on any atom is -0.380 e. The molecule has 2 aromatic heterocycles. The van der Waals surface area contributed by atoms with Crippen molar-refractivity contribution in [1.82, 2.24) is 20.1 Å². The van der Waals surface area contributed by atoms with Crippen LogP contribution in [-0.2, 0) is 11.3 Å². The summed E-state index contributed by atoms with van der Waals surface area (Å²) in [6, 6.07) is 14.4. The molecule has 0 aliphatic carbocycles. The second-order valence-corrected chi connectivity index (χ2v) is 5.96.